The van der Waals surface area contributed by atoms with Crippen LogP contribution >= 0.6 is 12.4 Å². The third-order valence-electron chi connectivity index (χ3n) is 5.89. The number of hydrogen-bond acceptors (Lipinski definition) is 3. The topological polar surface area (TPSA) is 75.4 Å². The van der Waals surface area contributed by atoms with Gasteiger partial charge in [0.15, 0.2) is 0 Å². The third kappa shape index (κ3) is 5.94. The molecule has 1 saturated carbocycles. The lowest BCUT2D eigenvalue weighted by atomic mass is 9.71. The summed E-state index contributed by atoms with van der Waals surface area (Å²) in [5.41, 5.74) is 7.84. The summed E-state index contributed by atoms with van der Waals surface area (Å²) in [4.78, 5) is 26.5. The number of carbonyl (C=O) groups excluding carboxylic acids is 2. The van der Waals surface area contributed by atoms with Crippen LogP contribution in [0.4, 0.5) is 5.69 Å². The molecule has 150 valence electrons. The van der Waals surface area contributed by atoms with Crippen LogP contribution in [0.1, 0.15) is 63.4 Å². The molecule has 1 aliphatic carbocycles. The molecule has 2 amide bonds. The van der Waals surface area contributed by atoms with Crippen molar-refractivity contribution in [2.75, 3.05) is 18.4 Å². The van der Waals surface area contributed by atoms with Gasteiger partial charge in [-0.1, -0.05) is 31.4 Å². The average molecular weight is 394 g/mol. The number of rotatable bonds is 6. The van der Waals surface area contributed by atoms with E-state index in [2.05, 4.69) is 5.32 Å². The maximum Gasteiger partial charge on any atom is 0.224 e. The van der Waals surface area contributed by atoms with Crippen molar-refractivity contribution in [3.8, 4) is 0 Å². The number of nitrogens with zero attached hydrogens (tertiary/aromatic N) is 1. The van der Waals surface area contributed by atoms with Crippen molar-refractivity contribution >= 4 is 29.9 Å². The molecule has 0 aromatic heterocycles. The van der Waals surface area contributed by atoms with Gasteiger partial charge in [-0.25, -0.2) is 0 Å². The molecule has 3 rings (SSSR count). The van der Waals surface area contributed by atoms with Crippen LogP contribution in [0.15, 0.2) is 24.3 Å². The molecule has 0 unspecified atom stereocenters. The Morgan fingerprint density at radius 2 is 1.93 bits per heavy atom. The third-order valence-corrected chi connectivity index (χ3v) is 5.89. The monoisotopic (exact) mass is 393 g/mol. The molecule has 1 aromatic carbocycles. The Morgan fingerprint density at radius 1 is 1.15 bits per heavy atom. The van der Waals surface area contributed by atoms with Crippen molar-refractivity contribution in [3.63, 3.8) is 0 Å². The standard InChI is InChI=1S/C21H31N3O2.ClH/c22-16-21(10-3-1-4-11-21)14-19(25)23-18-8-6-7-17(13-18)15-24-12-5-2-9-20(24)26;/h6-8,13H,1-5,9-12,14-16,22H2,(H,23,25);1H. The number of halogens is 1. The maximum absolute atomic E-state index is 12.6. The van der Waals surface area contributed by atoms with Gasteiger partial charge in [-0.05, 0) is 55.3 Å². The Kier molecular flexibility index (Phi) is 8.11. The lowest BCUT2D eigenvalue weighted by Gasteiger charge is -2.35. The molecule has 1 heterocycles. The minimum Gasteiger partial charge on any atom is -0.338 e. The first-order valence-electron chi connectivity index (χ1n) is 9.97. The number of nitrogens with two attached hydrogens (primary N) is 1. The highest BCUT2D eigenvalue weighted by Crippen LogP contribution is 2.38. The van der Waals surface area contributed by atoms with Crippen LogP contribution in [0, 0.1) is 5.41 Å². The normalized spacial score (nSPS) is 19.3. The van der Waals surface area contributed by atoms with Crippen LogP contribution in [0.25, 0.3) is 0 Å². The highest BCUT2D eigenvalue weighted by molar-refractivity contribution is 5.91. The molecule has 2 aliphatic rings. The fraction of sp³-hybridized carbons (Fsp3) is 0.619. The zero-order chi connectivity index (χ0) is 18.4. The van der Waals surface area contributed by atoms with E-state index in [1.807, 2.05) is 29.2 Å². The predicted octanol–water partition coefficient (Wildman–Crippen LogP) is 3.86. The van der Waals surface area contributed by atoms with Crippen LogP contribution < -0.4 is 11.1 Å². The molecule has 27 heavy (non-hydrogen) atoms. The minimum absolute atomic E-state index is 0. The molecule has 2 fully saturated rings. The second-order valence-electron chi connectivity index (χ2n) is 7.96. The van der Waals surface area contributed by atoms with Gasteiger partial charge in [-0.3, -0.25) is 9.59 Å². The molecule has 5 nitrogen and oxygen atoms in total. The molecule has 3 N–H and O–H groups in total. The fourth-order valence-corrected chi connectivity index (χ4v) is 4.30. The largest absolute Gasteiger partial charge is 0.338 e. The number of nitrogens with one attached hydrogen (secondary N) is 1. The summed E-state index contributed by atoms with van der Waals surface area (Å²) < 4.78 is 0. The Hall–Kier alpha value is -1.59. The summed E-state index contributed by atoms with van der Waals surface area (Å²) in [5.74, 6) is 0.274. The van der Waals surface area contributed by atoms with Crippen molar-refractivity contribution in [1.29, 1.82) is 0 Å². The lowest BCUT2D eigenvalue weighted by molar-refractivity contribution is -0.133. The number of amides is 2. The van der Waals surface area contributed by atoms with Crippen molar-refractivity contribution in [3.05, 3.63) is 29.8 Å². The summed E-state index contributed by atoms with van der Waals surface area (Å²) in [6.07, 6.45) is 8.91. The van der Waals surface area contributed by atoms with E-state index >= 15 is 0 Å². The van der Waals surface area contributed by atoms with E-state index in [0.717, 1.165) is 43.5 Å². The average Bonchev–Trinajstić information content (AvgIpc) is 2.64. The van der Waals surface area contributed by atoms with E-state index in [9.17, 15) is 9.59 Å². The maximum atomic E-state index is 12.6. The van der Waals surface area contributed by atoms with Gasteiger partial charge in [0.25, 0.3) is 0 Å². The summed E-state index contributed by atoms with van der Waals surface area (Å²) in [6.45, 7) is 2.03. The van der Waals surface area contributed by atoms with Gasteiger partial charge < -0.3 is 16.0 Å². The minimum atomic E-state index is -0.0276. The van der Waals surface area contributed by atoms with Crippen LogP contribution in [0.5, 0.6) is 0 Å². The Balaban J connectivity index is 0.00000261. The van der Waals surface area contributed by atoms with Gasteiger partial charge in [0.1, 0.15) is 0 Å². The van der Waals surface area contributed by atoms with Crippen LogP contribution in [-0.4, -0.2) is 29.8 Å². The number of carbonyl (C=O) groups is 2. The van der Waals surface area contributed by atoms with E-state index < -0.39 is 0 Å². The Morgan fingerprint density at radius 3 is 2.63 bits per heavy atom. The second-order valence-corrected chi connectivity index (χ2v) is 7.96. The molecule has 1 aromatic rings. The SMILES string of the molecule is Cl.NCC1(CC(=O)Nc2cccc(CN3CCCCC3=O)c2)CCCCC1. The van der Waals surface area contributed by atoms with Gasteiger partial charge in [0.05, 0.1) is 0 Å². The summed E-state index contributed by atoms with van der Waals surface area (Å²) in [7, 11) is 0. The van der Waals surface area contributed by atoms with Gasteiger partial charge >= 0.3 is 0 Å². The van der Waals surface area contributed by atoms with Crippen molar-refractivity contribution in [2.24, 2.45) is 11.1 Å². The van der Waals surface area contributed by atoms with Gasteiger partial charge in [0.2, 0.25) is 11.8 Å². The Labute approximate surface area is 168 Å². The second kappa shape index (κ2) is 10.1. The zero-order valence-corrected chi connectivity index (χ0v) is 16.9. The molecule has 0 spiro atoms. The summed E-state index contributed by atoms with van der Waals surface area (Å²) in [6, 6.07) is 7.85. The highest BCUT2D eigenvalue weighted by Gasteiger charge is 2.33. The van der Waals surface area contributed by atoms with Gasteiger partial charge in [-0.2, -0.15) is 0 Å². The highest BCUT2D eigenvalue weighted by atomic mass is 35.5. The van der Waals surface area contributed by atoms with E-state index in [1.165, 1.54) is 19.3 Å². The molecular weight excluding hydrogens is 362 g/mol. The van der Waals surface area contributed by atoms with Crippen molar-refractivity contribution in [1.82, 2.24) is 4.90 Å². The van der Waals surface area contributed by atoms with Crippen molar-refractivity contribution in [2.45, 2.75) is 64.3 Å². The molecule has 6 heteroatoms. The van der Waals surface area contributed by atoms with Gasteiger partial charge in [0, 0.05) is 31.6 Å². The van der Waals surface area contributed by atoms with Crippen LogP contribution in [0.2, 0.25) is 0 Å². The summed E-state index contributed by atoms with van der Waals surface area (Å²) >= 11 is 0. The van der Waals surface area contributed by atoms with E-state index in [1.54, 1.807) is 0 Å². The molecule has 1 saturated heterocycles. The number of anilines is 1. The van der Waals surface area contributed by atoms with E-state index in [0.29, 0.717) is 25.9 Å². The summed E-state index contributed by atoms with van der Waals surface area (Å²) in [5, 5.41) is 3.04. The molecule has 0 atom stereocenters. The smallest absolute Gasteiger partial charge is 0.224 e. The quantitative estimate of drug-likeness (QED) is 0.770. The van der Waals surface area contributed by atoms with Crippen LogP contribution in [0.3, 0.4) is 0 Å². The molecule has 1 aliphatic heterocycles. The van der Waals surface area contributed by atoms with Crippen molar-refractivity contribution < 1.29 is 9.59 Å². The van der Waals surface area contributed by atoms with E-state index in [-0.39, 0.29) is 29.6 Å². The number of piperidine rings is 1. The first-order valence-corrected chi connectivity index (χ1v) is 9.97. The molecule has 0 radical (unpaired) electrons. The first-order chi connectivity index (χ1) is 12.6. The number of hydrogen-bond donors (Lipinski definition) is 2. The fourth-order valence-electron chi connectivity index (χ4n) is 4.30. The lowest BCUT2D eigenvalue weighted by Crippen LogP contribution is -2.36. The molecule has 0 bridgehead atoms. The zero-order valence-electron chi connectivity index (χ0n) is 16.0. The number of benzene rings is 1. The first kappa shape index (κ1) is 21.7. The van der Waals surface area contributed by atoms with E-state index in [4.69, 9.17) is 5.73 Å². The predicted molar refractivity (Wildman–Crippen MR) is 111 cm³/mol. The Bertz CT molecular complexity index is 644. The number of likely N-dealkylation sites (tertiary alicyclic amines) is 1. The van der Waals surface area contributed by atoms with Crippen LogP contribution in [-0.2, 0) is 16.1 Å². The molecular formula is C21H32ClN3O2. The van der Waals surface area contributed by atoms with Gasteiger partial charge in [-0.15, -0.1) is 12.4 Å².